The van der Waals surface area contributed by atoms with Gasteiger partial charge in [-0.2, -0.15) is 0 Å². The van der Waals surface area contributed by atoms with E-state index in [-0.39, 0.29) is 35.7 Å². The second kappa shape index (κ2) is 29.7. The molecule has 31 nitrogen and oxygen atoms in total. The van der Waals surface area contributed by atoms with Gasteiger partial charge in [0.25, 0.3) is 0 Å². The largest absolute Gasteiger partial charge is 0.462 e. The number of fused-ring (bicyclic) bond motifs is 4. The Bertz CT molecular complexity index is 2780. The van der Waals surface area contributed by atoms with Gasteiger partial charge in [-0.25, -0.2) is 0 Å². The second-order valence-corrected chi connectivity index (χ2v) is 30.5. The molecule has 4 aliphatic carbocycles. The summed E-state index contributed by atoms with van der Waals surface area (Å²) in [6.07, 6.45) is -36.6. The zero-order valence-corrected chi connectivity index (χ0v) is 57.3. The third kappa shape index (κ3) is 13.6. The monoisotopic (exact) mass is 1410 g/mol. The maximum atomic E-state index is 14.8. The summed E-state index contributed by atoms with van der Waals surface area (Å²) in [5.41, 5.74) is -0.993. The SMILES string of the molecule is C=C(C)CC(CC1(C)OC(=O)C23CC[C@@H]4C(=CCC5C(C)(C)C(O[C@@H]6OC[C@@H](O[C@@H]7OC(CO)[C@@H](O)C(O[C@@H]8OC[C@@H](O)C(OC)C8O)C7O)C(O)C6O[C@@H]6OC(C)[C@@H](O[C@@H]7OC[C@@H](O)C(O[C@@H]8OC(CO)[C@@H](O)C(OC)C8O)C7O)C(O)C6O)CCC54C)C2(C)CCC13)OC(C)=O. The van der Waals surface area contributed by atoms with Crippen molar-refractivity contribution in [2.45, 2.75) is 297 Å². The number of ether oxygens (including phenoxy) is 16. The van der Waals surface area contributed by atoms with E-state index in [1.807, 2.05) is 13.8 Å². The van der Waals surface area contributed by atoms with E-state index in [1.54, 1.807) is 0 Å². The smallest absolute Gasteiger partial charge is 0.313 e. The van der Waals surface area contributed by atoms with Crippen LogP contribution in [0, 0.1) is 39.4 Å². The van der Waals surface area contributed by atoms with Crippen molar-refractivity contribution in [3.63, 3.8) is 0 Å². The summed E-state index contributed by atoms with van der Waals surface area (Å²) in [6, 6.07) is 0. The van der Waals surface area contributed by atoms with Crippen molar-refractivity contribution in [1.29, 1.82) is 0 Å². The van der Waals surface area contributed by atoms with Crippen LogP contribution in [0.15, 0.2) is 23.8 Å². The maximum absolute atomic E-state index is 14.8. The average Bonchev–Trinajstić information content (AvgIpc) is 1.46. The lowest BCUT2D eigenvalue weighted by Crippen LogP contribution is -2.66. The molecule has 98 heavy (non-hydrogen) atoms. The predicted molar refractivity (Wildman–Crippen MR) is 329 cm³/mol. The fourth-order valence-electron chi connectivity index (χ4n) is 19.1. The number of allylic oxidation sites excluding steroid dienone is 2. The molecule has 0 amide bonds. The van der Waals surface area contributed by atoms with Gasteiger partial charge in [-0.05, 0) is 88.4 Å². The normalized spacial score (nSPS) is 51.2. The molecule has 31 heteroatoms. The first-order chi connectivity index (χ1) is 46.2. The van der Waals surface area contributed by atoms with E-state index in [9.17, 15) is 76.0 Å². The van der Waals surface area contributed by atoms with Gasteiger partial charge in [0.2, 0.25) is 0 Å². The number of aliphatic hydroxyl groups excluding tert-OH is 13. The fraction of sp³-hybridized carbons (Fsp3) is 0.910. The predicted octanol–water partition coefficient (Wildman–Crippen LogP) is -2.27. The van der Waals surface area contributed by atoms with E-state index < -0.39 is 232 Å². The minimum atomic E-state index is -2.01. The quantitative estimate of drug-likeness (QED) is 0.0426. The zero-order chi connectivity index (χ0) is 71.2. The molecule has 0 bridgehead atoms. The van der Waals surface area contributed by atoms with Crippen LogP contribution in [0.3, 0.4) is 0 Å². The van der Waals surface area contributed by atoms with Crippen molar-refractivity contribution >= 4 is 11.9 Å². The molecule has 3 saturated carbocycles. The summed E-state index contributed by atoms with van der Waals surface area (Å²) in [6.45, 7) is 16.7. The van der Waals surface area contributed by atoms with Crippen LogP contribution in [0.5, 0.6) is 0 Å². The van der Waals surface area contributed by atoms with Gasteiger partial charge in [-0.15, -0.1) is 6.58 Å². The topological polar surface area (TPSA) is 445 Å². The number of hydrogen-bond acceptors (Lipinski definition) is 31. The van der Waals surface area contributed by atoms with Gasteiger partial charge in [0.15, 0.2) is 37.7 Å². The molecule has 1 spiro atoms. The molecular weight excluding hydrogens is 1300 g/mol. The van der Waals surface area contributed by atoms with Crippen LogP contribution >= 0.6 is 0 Å². The van der Waals surface area contributed by atoms with Crippen LogP contribution < -0.4 is 0 Å². The summed E-state index contributed by atoms with van der Waals surface area (Å²) in [7, 11) is 2.46. The number of carbonyl (C=O) groups excluding carboxylic acids is 2. The van der Waals surface area contributed by atoms with Crippen molar-refractivity contribution in [2.24, 2.45) is 39.4 Å². The fourth-order valence-corrected chi connectivity index (χ4v) is 19.1. The molecule has 0 radical (unpaired) electrons. The first-order valence-electron chi connectivity index (χ1n) is 34.5. The Kier molecular flexibility index (Phi) is 23.2. The van der Waals surface area contributed by atoms with Crippen LogP contribution in [-0.2, 0) is 85.4 Å². The number of esters is 2. The Labute approximate surface area is 569 Å². The van der Waals surface area contributed by atoms with Gasteiger partial charge < -0.3 is 142 Å². The van der Waals surface area contributed by atoms with E-state index in [0.717, 1.165) is 24.8 Å². The Morgan fingerprint density at radius 2 is 1.13 bits per heavy atom. The van der Waals surface area contributed by atoms with Crippen LogP contribution in [0.1, 0.15) is 113 Å². The van der Waals surface area contributed by atoms with E-state index in [0.29, 0.717) is 38.5 Å². The van der Waals surface area contributed by atoms with Crippen LogP contribution in [0.25, 0.3) is 0 Å². The Morgan fingerprint density at radius 1 is 0.582 bits per heavy atom. The summed E-state index contributed by atoms with van der Waals surface area (Å²) in [5, 5.41) is 146. The van der Waals surface area contributed by atoms with Crippen molar-refractivity contribution in [2.75, 3.05) is 47.3 Å². The van der Waals surface area contributed by atoms with Crippen molar-refractivity contribution in [3.8, 4) is 0 Å². The van der Waals surface area contributed by atoms with E-state index >= 15 is 0 Å². The molecule has 23 unspecified atom stereocenters. The lowest BCUT2D eigenvalue weighted by Gasteiger charge is -2.64. The highest BCUT2D eigenvalue weighted by Gasteiger charge is 2.76. The summed E-state index contributed by atoms with van der Waals surface area (Å²) in [5.74, 6) is -0.656. The lowest BCUT2D eigenvalue weighted by molar-refractivity contribution is -0.393. The number of rotatable bonds is 21. The van der Waals surface area contributed by atoms with Gasteiger partial charge in [0, 0.05) is 45.3 Å². The molecule has 0 aromatic heterocycles. The second-order valence-electron chi connectivity index (χ2n) is 30.5. The molecule has 11 rings (SSSR count). The molecule has 0 aromatic carbocycles. The van der Waals surface area contributed by atoms with Crippen LogP contribution in [0.4, 0.5) is 0 Å². The van der Waals surface area contributed by atoms with E-state index in [1.165, 1.54) is 33.6 Å². The first-order valence-corrected chi connectivity index (χ1v) is 34.5. The first kappa shape index (κ1) is 76.5. The molecule has 0 aromatic rings. The molecule has 36 atom stereocenters. The third-order valence-electron chi connectivity index (χ3n) is 24.2. The maximum Gasteiger partial charge on any atom is 0.313 e. The van der Waals surface area contributed by atoms with E-state index in [4.69, 9.17) is 75.8 Å². The van der Waals surface area contributed by atoms with Crippen LogP contribution in [-0.4, -0.2) is 309 Å². The summed E-state index contributed by atoms with van der Waals surface area (Å²) < 4.78 is 95.9. The zero-order valence-electron chi connectivity index (χ0n) is 57.3. The number of methoxy groups -OCH3 is 2. The number of carbonyl (C=O) groups is 2. The van der Waals surface area contributed by atoms with Gasteiger partial charge in [-0.3, -0.25) is 9.59 Å². The molecule has 560 valence electrons. The Morgan fingerprint density at radius 3 is 1.76 bits per heavy atom. The molecular formula is C67H106O31. The van der Waals surface area contributed by atoms with Crippen molar-refractivity contribution in [1.82, 2.24) is 0 Å². The highest BCUT2D eigenvalue weighted by atomic mass is 16.8. The van der Waals surface area contributed by atoms with Crippen LogP contribution in [0.2, 0.25) is 0 Å². The molecule has 13 N–H and O–H groups in total. The Balaban J connectivity index is 0.824. The van der Waals surface area contributed by atoms with Gasteiger partial charge >= 0.3 is 11.9 Å². The Hall–Kier alpha value is -2.66. The van der Waals surface area contributed by atoms with Crippen molar-refractivity contribution < 1.29 is 152 Å². The van der Waals surface area contributed by atoms with Gasteiger partial charge in [-0.1, -0.05) is 44.9 Å². The van der Waals surface area contributed by atoms with Crippen molar-refractivity contribution in [3.05, 3.63) is 23.8 Å². The van der Waals surface area contributed by atoms with Gasteiger partial charge in [0.1, 0.15) is 134 Å². The third-order valence-corrected chi connectivity index (χ3v) is 24.2. The standard InChI is InChI=1S/C67H106O31/c1-27(2)20-30(89-29(4)70)21-66(9)39-15-18-65(8)32-12-13-38-63(5,6)40(16-17-64(38,7)31(32)14-19-67(39,65)62(82)98-66)93-61-55(43(75)37(26-87-61)92-59-49(81)54(42(74)36(23-69)90-59)96-56-46(78)51(83-10)33(71)24-85-56)97-58-45(77)44(76)50(28(3)88-58)94-57-47(79)52(34(72)25-86-57)95-60-48(80)53(84-11)41(73)35(22-68)91-60/h12,28,30-31,33-61,68-69,71-81H,1,13-26H2,2-11H3/t28?,30?,31-,33-,34-,35?,36?,37-,38?,39?,40?,41-,42-,43?,44?,45?,46?,47?,48?,49?,50-,51?,52?,53?,54?,55?,56+,57+,58+,59+,60+,61+,64?,65?,66?,67?/m1/s1. The lowest BCUT2D eigenvalue weighted by atomic mass is 9.41. The minimum absolute atomic E-state index is 0.00900. The average molecular weight is 1410 g/mol. The van der Waals surface area contributed by atoms with E-state index in [2.05, 4.69) is 40.3 Å². The summed E-state index contributed by atoms with van der Waals surface area (Å²) in [4.78, 5) is 27.1. The molecule has 10 fully saturated rings. The molecule has 7 aliphatic heterocycles. The minimum Gasteiger partial charge on any atom is -0.462 e. The summed E-state index contributed by atoms with van der Waals surface area (Å²) >= 11 is 0. The highest BCUT2D eigenvalue weighted by Crippen LogP contribution is 2.76. The number of hydrogen-bond donors (Lipinski definition) is 13. The molecule has 7 saturated heterocycles. The number of aliphatic hydroxyl groups is 13. The van der Waals surface area contributed by atoms with Gasteiger partial charge in [0.05, 0.1) is 50.7 Å². The highest BCUT2D eigenvalue weighted by molar-refractivity contribution is 5.83. The number of cyclic esters (lactones) is 1. The molecule has 11 aliphatic rings. The molecule has 7 heterocycles.